The maximum atomic E-state index is 12.3. The first-order valence-electron chi connectivity index (χ1n) is 7.45. The van der Waals surface area contributed by atoms with Crippen molar-refractivity contribution in [3.8, 4) is 0 Å². The minimum atomic E-state index is 0.0334. The number of hydrogen-bond acceptors (Lipinski definition) is 3. The molecule has 1 aromatic carbocycles. The molecular formula is C17H20N2O2. The number of amides is 1. The van der Waals surface area contributed by atoms with Crippen LogP contribution in [0.3, 0.4) is 0 Å². The van der Waals surface area contributed by atoms with Crippen LogP contribution in [0.15, 0.2) is 28.8 Å². The third-order valence-electron chi connectivity index (χ3n) is 4.22. The van der Waals surface area contributed by atoms with Crippen molar-refractivity contribution in [3.63, 3.8) is 0 Å². The molecule has 0 aliphatic heterocycles. The Bertz CT molecular complexity index is 641. The van der Waals surface area contributed by atoms with Gasteiger partial charge >= 0.3 is 0 Å². The Morgan fingerprint density at radius 1 is 1.38 bits per heavy atom. The summed E-state index contributed by atoms with van der Waals surface area (Å²) < 4.78 is 5.08. The molecule has 21 heavy (non-hydrogen) atoms. The predicted octanol–water partition coefficient (Wildman–Crippen LogP) is 3.74. The molecule has 0 saturated carbocycles. The van der Waals surface area contributed by atoms with E-state index >= 15 is 0 Å². The average molecular weight is 284 g/mol. The van der Waals surface area contributed by atoms with Crippen LogP contribution in [0.25, 0.3) is 0 Å². The van der Waals surface area contributed by atoms with E-state index in [0.29, 0.717) is 23.8 Å². The quantitative estimate of drug-likeness (QED) is 0.934. The molecule has 0 bridgehead atoms. The lowest BCUT2D eigenvalue weighted by Gasteiger charge is -2.25. The van der Waals surface area contributed by atoms with Crippen LogP contribution < -0.4 is 5.32 Å². The SMILES string of the molecule is Cc1noc(C)c1NC(=O)CC1CCCc2ccccc21. The van der Waals surface area contributed by atoms with Crippen LogP contribution >= 0.6 is 0 Å². The Hall–Kier alpha value is -2.10. The Balaban J connectivity index is 1.72. The van der Waals surface area contributed by atoms with Crippen molar-refractivity contribution < 1.29 is 9.32 Å². The maximum Gasteiger partial charge on any atom is 0.225 e. The number of carbonyl (C=O) groups excluding carboxylic acids is 1. The first-order chi connectivity index (χ1) is 10.1. The highest BCUT2D eigenvalue weighted by Gasteiger charge is 2.23. The molecule has 2 aromatic rings. The highest BCUT2D eigenvalue weighted by Crippen LogP contribution is 2.34. The third-order valence-corrected chi connectivity index (χ3v) is 4.22. The summed E-state index contributed by atoms with van der Waals surface area (Å²) in [6, 6.07) is 8.46. The fourth-order valence-electron chi connectivity index (χ4n) is 3.14. The zero-order chi connectivity index (χ0) is 14.8. The van der Waals surface area contributed by atoms with Gasteiger partial charge in [0.2, 0.25) is 5.91 Å². The summed E-state index contributed by atoms with van der Waals surface area (Å²) in [5.74, 6) is 1.01. The molecule has 1 N–H and O–H groups in total. The highest BCUT2D eigenvalue weighted by atomic mass is 16.5. The minimum absolute atomic E-state index is 0.0334. The van der Waals surface area contributed by atoms with E-state index in [1.807, 2.05) is 13.8 Å². The fourth-order valence-corrected chi connectivity index (χ4v) is 3.14. The molecule has 3 rings (SSSR count). The van der Waals surface area contributed by atoms with Gasteiger partial charge in [-0.05, 0) is 50.2 Å². The standard InChI is InChI=1S/C17H20N2O2/c1-11-17(12(2)21-19-11)18-16(20)10-14-8-5-7-13-6-3-4-9-15(13)14/h3-4,6,9,14H,5,7-8,10H2,1-2H3,(H,18,20). The lowest BCUT2D eigenvalue weighted by Crippen LogP contribution is -2.19. The van der Waals surface area contributed by atoms with Gasteiger partial charge in [0, 0.05) is 6.42 Å². The van der Waals surface area contributed by atoms with E-state index in [-0.39, 0.29) is 5.91 Å². The molecule has 1 atom stereocenters. The molecule has 0 spiro atoms. The fraction of sp³-hybridized carbons (Fsp3) is 0.412. The predicted molar refractivity (Wildman–Crippen MR) is 81.3 cm³/mol. The molecule has 1 aliphatic rings. The van der Waals surface area contributed by atoms with E-state index in [1.165, 1.54) is 11.1 Å². The summed E-state index contributed by atoms with van der Waals surface area (Å²) in [6.07, 6.45) is 3.87. The van der Waals surface area contributed by atoms with Crippen LogP contribution in [0.4, 0.5) is 5.69 Å². The number of aromatic nitrogens is 1. The van der Waals surface area contributed by atoms with Crippen molar-refractivity contribution in [1.82, 2.24) is 5.16 Å². The van der Waals surface area contributed by atoms with Gasteiger partial charge in [-0.15, -0.1) is 0 Å². The van der Waals surface area contributed by atoms with Gasteiger partial charge < -0.3 is 9.84 Å². The third kappa shape index (κ3) is 2.84. The van der Waals surface area contributed by atoms with Gasteiger partial charge in [-0.3, -0.25) is 4.79 Å². The second kappa shape index (κ2) is 5.72. The molecule has 0 fully saturated rings. The van der Waals surface area contributed by atoms with Crippen molar-refractivity contribution in [1.29, 1.82) is 0 Å². The van der Waals surface area contributed by atoms with Gasteiger partial charge in [-0.2, -0.15) is 0 Å². The number of fused-ring (bicyclic) bond motifs is 1. The largest absolute Gasteiger partial charge is 0.359 e. The van der Waals surface area contributed by atoms with Crippen LogP contribution in [0, 0.1) is 13.8 Å². The van der Waals surface area contributed by atoms with Crippen molar-refractivity contribution in [2.24, 2.45) is 0 Å². The molecule has 0 saturated heterocycles. The number of aryl methyl sites for hydroxylation is 3. The van der Waals surface area contributed by atoms with E-state index in [9.17, 15) is 4.79 Å². The van der Waals surface area contributed by atoms with Gasteiger partial charge in [0.1, 0.15) is 11.4 Å². The van der Waals surface area contributed by atoms with E-state index in [1.54, 1.807) is 0 Å². The summed E-state index contributed by atoms with van der Waals surface area (Å²) in [5.41, 5.74) is 4.16. The summed E-state index contributed by atoms with van der Waals surface area (Å²) in [6.45, 7) is 3.65. The number of nitrogens with zero attached hydrogens (tertiary/aromatic N) is 1. The van der Waals surface area contributed by atoms with Crippen LogP contribution in [0.1, 0.15) is 47.8 Å². The number of hydrogen-bond donors (Lipinski definition) is 1. The van der Waals surface area contributed by atoms with Crippen molar-refractivity contribution in [2.75, 3.05) is 5.32 Å². The molecule has 1 heterocycles. The van der Waals surface area contributed by atoms with E-state index in [0.717, 1.165) is 25.0 Å². The molecule has 1 amide bonds. The smallest absolute Gasteiger partial charge is 0.225 e. The summed E-state index contributed by atoms with van der Waals surface area (Å²) in [5, 5.41) is 6.80. The maximum absolute atomic E-state index is 12.3. The monoisotopic (exact) mass is 284 g/mol. The van der Waals surface area contributed by atoms with Crippen molar-refractivity contribution in [2.45, 2.75) is 45.4 Å². The van der Waals surface area contributed by atoms with Gasteiger partial charge in [0.15, 0.2) is 5.76 Å². The zero-order valence-corrected chi connectivity index (χ0v) is 12.5. The van der Waals surface area contributed by atoms with Crippen LogP contribution in [0.5, 0.6) is 0 Å². The molecular weight excluding hydrogens is 264 g/mol. The molecule has 0 radical (unpaired) electrons. The molecule has 4 nitrogen and oxygen atoms in total. The Labute approximate surface area is 124 Å². The Morgan fingerprint density at radius 3 is 2.95 bits per heavy atom. The van der Waals surface area contributed by atoms with E-state index in [4.69, 9.17) is 4.52 Å². The van der Waals surface area contributed by atoms with Crippen LogP contribution in [-0.4, -0.2) is 11.1 Å². The van der Waals surface area contributed by atoms with Crippen molar-refractivity contribution in [3.05, 3.63) is 46.8 Å². The molecule has 1 aliphatic carbocycles. The molecule has 1 unspecified atom stereocenters. The first-order valence-corrected chi connectivity index (χ1v) is 7.45. The lowest BCUT2D eigenvalue weighted by molar-refractivity contribution is -0.116. The number of anilines is 1. The topological polar surface area (TPSA) is 55.1 Å². The molecule has 4 heteroatoms. The first kappa shape index (κ1) is 13.9. The van der Waals surface area contributed by atoms with Gasteiger partial charge in [0.25, 0.3) is 0 Å². The molecule has 1 aromatic heterocycles. The Kier molecular flexibility index (Phi) is 3.78. The normalized spacial score (nSPS) is 17.3. The zero-order valence-electron chi connectivity index (χ0n) is 12.5. The summed E-state index contributed by atoms with van der Waals surface area (Å²) in [7, 11) is 0. The van der Waals surface area contributed by atoms with E-state index in [2.05, 4.69) is 34.7 Å². The van der Waals surface area contributed by atoms with Crippen molar-refractivity contribution >= 4 is 11.6 Å². The average Bonchev–Trinajstić information content (AvgIpc) is 2.79. The van der Waals surface area contributed by atoms with Gasteiger partial charge in [-0.25, -0.2) is 0 Å². The summed E-state index contributed by atoms with van der Waals surface area (Å²) in [4.78, 5) is 12.3. The second-order valence-electron chi connectivity index (χ2n) is 5.74. The van der Waals surface area contributed by atoms with E-state index < -0.39 is 0 Å². The highest BCUT2D eigenvalue weighted by molar-refractivity contribution is 5.92. The number of carbonyl (C=O) groups is 1. The number of nitrogens with one attached hydrogen (secondary N) is 1. The summed E-state index contributed by atoms with van der Waals surface area (Å²) >= 11 is 0. The van der Waals surface area contributed by atoms with Gasteiger partial charge in [-0.1, -0.05) is 29.4 Å². The minimum Gasteiger partial charge on any atom is -0.359 e. The lowest BCUT2D eigenvalue weighted by atomic mass is 9.81. The van der Waals surface area contributed by atoms with Crippen LogP contribution in [0.2, 0.25) is 0 Å². The molecule has 110 valence electrons. The number of rotatable bonds is 3. The second-order valence-corrected chi connectivity index (χ2v) is 5.74. The Morgan fingerprint density at radius 2 is 2.19 bits per heavy atom. The number of benzene rings is 1. The van der Waals surface area contributed by atoms with Gasteiger partial charge in [0.05, 0.1) is 0 Å². The van der Waals surface area contributed by atoms with Crippen LogP contribution in [-0.2, 0) is 11.2 Å².